The van der Waals surface area contributed by atoms with Gasteiger partial charge < -0.3 is 10.1 Å². The van der Waals surface area contributed by atoms with E-state index in [2.05, 4.69) is 15.4 Å². The van der Waals surface area contributed by atoms with Crippen LogP contribution in [0.3, 0.4) is 0 Å². The highest BCUT2D eigenvalue weighted by Crippen LogP contribution is 2.24. The molecule has 0 aliphatic rings. The molecule has 0 fully saturated rings. The molecule has 0 bridgehead atoms. The zero-order valence-corrected chi connectivity index (χ0v) is 17.1. The first-order chi connectivity index (χ1) is 15.5. The molecule has 3 aromatic carbocycles. The van der Waals surface area contributed by atoms with Crippen LogP contribution in [0.5, 0.6) is 5.75 Å². The fraction of sp³-hybridized carbons (Fsp3) is 0.0870. The second-order valence-corrected chi connectivity index (χ2v) is 6.73. The van der Waals surface area contributed by atoms with Crippen LogP contribution in [-0.2, 0) is 0 Å². The Bertz CT molecular complexity index is 1250. The third-order valence-corrected chi connectivity index (χ3v) is 4.55. The van der Waals surface area contributed by atoms with Crippen molar-refractivity contribution in [2.45, 2.75) is 6.92 Å². The van der Waals surface area contributed by atoms with Crippen LogP contribution in [0.15, 0.2) is 78.9 Å². The highest BCUT2D eigenvalue weighted by Gasteiger charge is 2.19. The zero-order chi connectivity index (χ0) is 22.5. The first-order valence-electron chi connectivity index (χ1n) is 9.86. The van der Waals surface area contributed by atoms with Gasteiger partial charge in [0.15, 0.2) is 5.82 Å². The van der Waals surface area contributed by atoms with Crippen molar-refractivity contribution in [1.29, 1.82) is 0 Å². The van der Waals surface area contributed by atoms with E-state index in [9.17, 15) is 14.9 Å². The molecule has 0 aliphatic carbocycles. The minimum absolute atomic E-state index is 0.0655. The van der Waals surface area contributed by atoms with Crippen molar-refractivity contribution < 1.29 is 14.5 Å². The number of ether oxygens (including phenoxy) is 1. The summed E-state index contributed by atoms with van der Waals surface area (Å²) in [5.41, 5.74) is 1.64. The number of hydrogen-bond donors (Lipinski definition) is 1. The summed E-state index contributed by atoms with van der Waals surface area (Å²) in [7, 11) is 0. The average molecular weight is 429 g/mol. The van der Waals surface area contributed by atoms with E-state index < -0.39 is 10.8 Å². The molecule has 0 spiro atoms. The van der Waals surface area contributed by atoms with Crippen molar-refractivity contribution in [2.24, 2.45) is 0 Å². The molecule has 0 atom stereocenters. The number of hydrogen-bond acceptors (Lipinski definition) is 6. The second-order valence-electron chi connectivity index (χ2n) is 6.73. The van der Waals surface area contributed by atoms with Gasteiger partial charge in [-0.2, -0.15) is 0 Å². The van der Waals surface area contributed by atoms with Gasteiger partial charge in [-0.05, 0) is 37.3 Å². The third-order valence-electron chi connectivity index (χ3n) is 4.55. The Balaban J connectivity index is 1.69. The molecular weight excluding hydrogens is 410 g/mol. The lowest BCUT2D eigenvalue weighted by atomic mass is 10.2. The molecule has 4 aromatic rings. The summed E-state index contributed by atoms with van der Waals surface area (Å²) in [6.07, 6.45) is 0. The standard InChI is InChI=1S/C23H19N5O4/c1-2-32-20-13-11-18(12-14-20)27-22(16-7-4-3-5-8-16)25-21(26-27)23(29)24-17-9-6-10-19(15-17)28(30)31/h3-15H,2H2,1H3,(H,24,29). The molecule has 0 radical (unpaired) electrons. The number of carbonyl (C=O) groups excluding carboxylic acids is 1. The highest BCUT2D eigenvalue weighted by molar-refractivity contribution is 6.02. The third kappa shape index (κ3) is 4.46. The van der Waals surface area contributed by atoms with Crippen LogP contribution in [0.25, 0.3) is 17.1 Å². The van der Waals surface area contributed by atoms with Crippen LogP contribution in [0.1, 0.15) is 17.5 Å². The molecule has 1 heterocycles. The van der Waals surface area contributed by atoms with Gasteiger partial charge in [0.25, 0.3) is 11.6 Å². The van der Waals surface area contributed by atoms with Crippen LogP contribution in [-0.4, -0.2) is 32.2 Å². The Morgan fingerprint density at radius 3 is 2.50 bits per heavy atom. The zero-order valence-electron chi connectivity index (χ0n) is 17.1. The topological polar surface area (TPSA) is 112 Å². The summed E-state index contributed by atoms with van der Waals surface area (Å²) < 4.78 is 7.07. The summed E-state index contributed by atoms with van der Waals surface area (Å²) in [5.74, 6) is 0.567. The van der Waals surface area contributed by atoms with E-state index in [0.717, 1.165) is 11.3 Å². The highest BCUT2D eigenvalue weighted by atomic mass is 16.6. The lowest BCUT2D eigenvalue weighted by molar-refractivity contribution is -0.384. The first-order valence-corrected chi connectivity index (χ1v) is 9.86. The Hall–Kier alpha value is -4.53. The van der Waals surface area contributed by atoms with Crippen molar-refractivity contribution >= 4 is 17.3 Å². The maximum Gasteiger partial charge on any atom is 0.295 e. The molecule has 0 saturated heterocycles. The Morgan fingerprint density at radius 2 is 1.81 bits per heavy atom. The number of nitrogens with one attached hydrogen (secondary N) is 1. The number of nitro benzene ring substituents is 1. The summed E-state index contributed by atoms with van der Waals surface area (Å²) >= 11 is 0. The quantitative estimate of drug-likeness (QED) is 0.342. The molecule has 4 rings (SSSR count). The summed E-state index contributed by atoms with van der Waals surface area (Å²) in [5, 5.41) is 18.0. The lowest BCUT2D eigenvalue weighted by Crippen LogP contribution is -2.14. The number of rotatable bonds is 7. The van der Waals surface area contributed by atoms with Gasteiger partial charge >= 0.3 is 0 Å². The number of nitrogens with zero attached hydrogens (tertiary/aromatic N) is 4. The number of carbonyl (C=O) groups is 1. The predicted octanol–water partition coefficient (Wildman–Crippen LogP) is 4.49. The van der Waals surface area contributed by atoms with Gasteiger partial charge in [0.2, 0.25) is 5.82 Å². The van der Waals surface area contributed by atoms with Crippen LogP contribution >= 0.6 is 0 Å². The molecule has 160 valence electrons. The number of non-ortho nitro benzene ring substituents is 1. The van der Waals surface area contributed by atoms with Crippen LogP contribution in [0.4, 0.5) is 11.4 Å². The molecule has 32 heavy (non-hydrogen) atoms. The van der Waals surface area contributed by atoms with Crippen molar-refractivity contribution in [3.05, 3.63) is 94.8 Å². The maximum absolute atomic E-state index is 12.8. The van der Waals surface area contributed by atoms with Crippen molar-refractivity contribution in [1.82, 2.24) is 14.8 Å². The molecule has 0 saturated carbocycles. The fourth-order valence-electron chi connectivity index (χ4n) is 3.10. The van der Waals surface area contributed by atoms with E-state index in [0.29, 0.717) is 18.1 Å². The Morgan fingerprint density at radius 1 is 1.06 bits per heavy atom. The first kappa shape index (κ1) is 20.7. The summed E-state index contributed by atoms with van der Waals surface area (Å²) in [4.78, 5) is 27.7. The minimum Gasteiger partial charge on any atom is -0.494 e. The maximum atomic E-state index is 12.8. The van der Waals surface area contributed by atoms with Crippen molar-refractivity contribution in [3.8, 4) is 22.8 Å². The van der Waals surface area contributed by atoms with Crippen LogP contribution in [0, 0.1) is 10.1 Å². The van der Waals surface area contributed by atoms with Gasteiger partial charge in [-0.3, -0.25) is 14.9 Å². The monoisotopic (exact) mass is 429 g/mol. The number of benzene rings is 3. The SMILES string of the molecule is CCOc1ccc(-n2nc(C(=O)Nc3cccc([N+](=O)[O-])c3)nc2-c2ccccc2)cc1. The van der Waals surface area contributed by atoms with Gasteiger partial charge in [-0.1, -0.05) is 36.4 Å². The van der Waals surface area contributed by atoms with Gasteiger partial charge in [0.05, 0.1) is 17.2 Å². The Kier molecular flexibility index (Phi) is 5.89. The summed E-state index contributed by atoms with van der Waals surface area (Å²) in [6, 6.07) is 22.3. The Labute approximate surface area is 183 Å². The number of aromatic nitrogens is 3. The van der Waals surface area contributed by atoms with E-state index >= 15 is 0 Å². The predicted molar refractivity (Wildman–Crippen MR) is 119 cm³/mol. The van der Waals surface area contributed by atoms with Gasteiger partial charge in [0, 0.05) is 23.4 Å². The van der Waals surface area contributed by atoms with E-state index in [-0.39, 0.29) is 17.2 Å². The molecule has 1 N–H and O–H groups in total. The molecule has 0 aliphatic heterocycles. The van der Waals surface area contributed by atoms with Crippen LogP contribution in [0.2, 0.25) is 0 Å². The van der Waals surface area contributed by atoms with E-state index in [1.807, 2.05) is 61.5 Å². The number of amides is 1. The minimum atomic E-state index is -0.577. The van der Waals surface area contributed by atoms with E-state index in [4.69, 9.17) is 4.74 Å². The van der Waals surface area contributed by atoms with Crippen LogP contribution < -0.4 is 10.1 Å². The van der Waals surface area contributed by atoms with Gasteiger partial charge in [-0.25, -0.2) is 9.67 Å². The molecule has 1 amide bonds. The average Bonchev–Trinajstić information content (AvgIpc) is 3.26. The lowest BCUT2D eigenvalue weighted by Gasteiger charge is -2.07. The number of anilines is 1. The summed E-state index contributed by atoms with van der Waals surface area (Å²) in [6.45, 7) is 2.46. The fourth-order valence-corrected chi connectivity index (χ4v) is 3.10. The van der Waals surface area contributed by atoms with Crippen molar-refractivity contribution in [3.63, 3.8) is 0 Å². The smallest absolute Gasteiger partial charge is 0.295 e. The molecule has 9 nitrogen and oxygen atoms in total. The number of nitro groups is 1. The molecule has 0 unspecified atom stereocenters. The molecule has 1 aromatic heterocycles. The van der Waals surface area contributed by atoms with Gasteiger partial charge in [-0.15, -0.1) is 5.10 Å². The largest absolute Gasteiger partial charge is 0.494 e. The van der Waals surface area contributed by atoms with E-state index in [1.54, 1.807) is 10.7 Å². The normalized spacial score (nSPS) is 10.5. The molecule has 9 heteroatoms. The van der Waals surface area contributed by atoms with Gasteiger partial charge in [0.1, 0.15) is 5.75 Å². The van der Waals surface area contributed by atoms with Crippen molar-refractivity contribution in [2.75, 3.05) is 11.9 Å². The second kappa shape index (κ2) is 9.09. The molecular formula is C23H19N5O4. The van der Waals surface area contributed by atoms with E-state index in [1.165, 1.54) is 18.2 Å².